The third-order valence-electron chi connectivity index (χ3n) is 10.7. The van der Waals surface area contributed by atoms with E-state index in [1.165, 1.54) is 51.4 Å². The number of fused-ring (bicyclic) bond motifs is 5. The number of hydrogen-bond donors (Lipinski definition) is 0. The zero-order chi connectivity index (χ0) is 23.1. The minimum Gasteiger partial charge on any atom is -0.462 e. The number of carbonyl (C=O) groups excluding carboxylic acids is 2. The SMILES string of the molecule is CC(=O)O[C@H]1CC[C@@]2(C)C(=CC[C@H]3[C@@H]4CC[C@H](C(C)CCCC(C)C=O)[C@@]4(C)CC[C@@H]32)C1. The van der Waals surface area contributed by atoms with Crippen LogP contribution in [0.4, 0.5) is 0 Å². The highest BCUT2D eigenvalue weighted by molar-refractivity contribution is 5.66. The highest BCUT2D eigenvalue weighted by atomic mass is 16.5. The highest BCUT2D eigenvalue weighted by Crippen LogP contribution is 2.67. The first-order chi connectivity index (χ1) is 15.2. The van der Waals surface area contributed by atoms with Crippen LogP contribution in [0.2, 0.25) is 0 Å². The van der Waals surface area contributed by atoms with Gasteiger partial charge in [-0.1, -0.05) is 52.2 Å². The molecule has 0 aliphatic heterocycles. The molecule has 4 rings (SSSR count). The van der Waals surface area contributed by atoms with Crippen LogP contribution < -0.4 is 0 Å². The summed E-state index contributed by atoms with van der Waals surface area (Å²) in [7, 11) is 0. The van der Waals surface area contributed by atoms with Crippen molar-refractivity contribution in [2.45, 2.75) is 111 Å². The summed E-state index contributed by atoms with van der Waals surface area (Å²) in [5.74, 6) is 4.20. The van der Waals surface area contributed by atoms with Gasteiger partial charge in [0.15, 0.2) is 0 Å². The molecule has 32 heavy (non-hydrogen) atoms. The Morgan fingerprint density at radius 3 is 2.62 bits per heavy atom. The number of hydrogen-bond acceptors (Lipinski definition) is 3. The predicted octanol–water partition coefficient (Wildman–Crippen LogP) is 7.14. The van der Waals surface area contributed by atoms with Crippen molar-refractivity contribution < 1.29 is 14.3 Å². The molecule has 0 bridgehead atoms. The largest absolute Gasteiger partial charge is 0.462 e. The number of allylic oxidation sites excluding steroid dienone is 1. The van der Waals surface area contributed by atoms with E-state index in [9.17, 15) is 9.59 Å². The molecule has 0 amide bonds. The van der Waals surface area contributed by atoms with Gasteiger partial charge in [0.2, 0.25) is 0 Å². The molecule has 0 saturated heterocycles. The van der Waals surface area contributed by atoms with E-state index < -0.39 is 0 Å². The lowest BCUT2D eigenvalue weighted by molar-refractivity contribution is -0.148. The molecule has 0 heterocycles. The predicted molar refractivity (Wildman–Crippen MR) is 129 cm³/mol. The van der Waals surface area contributed by atoms with Crippen LogP contribution in [0.3, 0.4) is 0 Å². The van der Waals surface area contributed by atoms with Crippen molar-refractivity contribution in [3.8, 4) is 0 Å². The molecule has 3 saturated carbocycles. The first kappa shape index (κ1) is 24.0. The van der Waals surface area contributed by atoms with Gasteiger partial charge in [0.25, 0.3) is 0 Å². The summed E-state index contributed by atoms with van der Waals surface area (Å²) < 4.78 is 5.60. The second-order valence-corrected chi connectivity index (χ2v) is 12.5. The Labute approximate surface area is 196 Å². The van der Waals surface area contributed by atoms with Crippen LogP contribution in [0, 0.1) is 46.3 Å². The Balaban J connectivity index is 1.45. The van der Waals surface area contributed by atoms with E-state index in [-0.39, 0.29) is 18.0 Å². The lowest BCUT2D eigenvalue weighted by Gasteiger charge is -2.58. The van der Waals surface area contributed by atoms with Gasteiger partial charge in [-0.15, -0.1) is 0 Å². The van der Waals surface area contributed by atoms with Crippen molar-refractivity contribution >= 4 is 12.3 Å². The maximum Gasteiger partial charge on any atom is 0.302 e. The summed E-state index contributed by atoms with van der Waals surface area (Å²) in [5.41, 5.74) is 2.40. The van der Waals surface area contributed by atoms with E-state index in [1.54, 1.807) is 12.5 Å². The van der Waals surface area contributed by atoms with Crippen LogP contribution in [0.5, 0.6) is 0 Å². The molecule has 3 nitrogen and oxygen atoms in total. The van der Waals surface area contributed by atoms with Gasteiger partial charge >= 0.3 is 5.97 Å². The molecule has 9 atom stereocenters. The normalized spacial score (nSPS) is 42.7. The van der Waals surface area contributed by atoms with Crippen LogP contribution in [0.1, 0.15) is 105 Å². The molecular formula is C29H46O3. The molecule has 0 N–H and O–H groups in total. The van der Waals surface area contributed by atoms with E-state index in [0.717, 1.165) is 55.1 Å². The topological polar surface area (TPSA) is 43.4 Å². The van der Waals surface area contributed by atoms with Crippen LogP contribution in [0.25, 0.3) is 0 Å². The van der Waals surface area contributed by atoms with E-state index >= 15 is 0 Å². The smallest absolute Gasteiger partial charge is 0.302 e. The van der Waals surface area contributed by atoms with Crippen LogP contribution in [-0.2, 0) is 14.3 Å². The van der Waals surface area contributed by atoms with E-state index in [1.807, 2.05) is 0 Å². The average Bonchev–Trinajstić information content (AvgIpc) is 3.10. The number of rotatable bonds is 7. The Kier molecular flexibility index (Phi) is 6.95. The number of ether oxygens (including phenoxy) is 1. The lowest BCUT2D eigenvalue weighted by Crippen LogP contribution is -2.51. The quantitative estimate of drug-likeness (QED) is 0.239. The van der Waals surface area contributed by atoms with Crippen molar-refractivity contribution in [1.82, 2.24) is 0 Å². The Bertz CT molecular complexity index is 741. The summed E-state index contributed by atoms with van der Waals surface area (Å²) in [5, 5.41) is 0. The molecule has 180 valence electrons. The molecule has 2 unspecified atom stereocenters. The molecule has 3 fully saturated rings. The fourth-order valence-corrected chi connectivity index (χ4v) is 8.97. The van der Waals surface area contributed by atoms with Gasteiger partial charge in [-0.25, -0.2) is 0 Å². The van der Waals surface area contributed by atoms with Gasteiger partial charge in [-0.3, -0.25) is 4.79 Å². The standard InChI is InChI=1S/C29H46O3/c1-19(18-30)7-6-8-20(2)25-11-12-26-24-10-9-22-17-23(32-21(3)31)13-15-28(22,4)27(24)14-16-29(25,26)5/h9,18-20,23-27H,6-8,10-17H2,1-5H3/t19?,20?,23-,24-,25+,26-,27-,28-,29+/m0/s1. The van der Waals surface area contributed by atoms with Gasteiger partial charge in [0.1, 0.15) is 12.4 Å². The zero-order valence-corrected chi connectivity index (χ0v) is 21.2. The van der Waals surface area contributed by atoms with Gasteiger partial charge in [0, 0.05) is 19.3 Å². The van der Waals surface area contributed by atoms with Gasteiger partial charge in [-0.05, 0) is 91.8 Å². The number of esters is 1. The molecule has 0 radical (unpaired) electrons. The lowest BCUT2D eigenvalue weighted by atomic mass is 9.47. The minimum absolute atomic E-state index is 0.0934. The fourth-order valence-electron chi connectivity index (χ4n) is 8.97. The third kappa shape index (κ3) is 4.23. The monoisotopic (exact) mass is 442 g/mol. The van der Waals surface area contributed by atoms with E-state index in [2.05, 4.69) is 33.8 Å². The number of carbonyl (C=O) groups is 2. The first-order valence-corrected chi connectivity index (χ1v) is 13.5. The van der Waals surface area contributed by atoms with Crippen molar-refractivity contribution in [1.29, 1.82) is 0 Å². The third-order valence-corrected chi connectivity index (χ3v) is 10.7. The average molecular weight is 443 g/mol. The summed E-state index contributed by atoms with van der Waals surface area (Å²) in [6.07, 6.45) is 17.3. The molecule has 0 aromatic rings. The van der Waals surface area contributed by atoms with Gasteiger partial charge in [0.05, 0.1) is 0 Å². The van der Waals surface area contributed by atoms with Crippen LogP contribution in [0.15, 0.2) is 11.6 Å². The molecule has 4 aliphatic rings. The first-order valence-electron chi connectivity index (χ1n) is 13.5. The summed E-state index contributed by atoms with van der Waals surface area (Å²) in [4.78, 5) is 22.5. The van der Waals surface area contributed by atoms with Crippen LogP contribution >= 0.6 is 0 Å². The summed E-state index contributed by atoms with van der Waals surface area (Å²) >= 11 is 0. The summed E-state index contributed by atoms with van der Waals surface area (Å²) in [6, 6.07) is 0. The molecular weight excluding hydrogens is 396 g/mol. The zero-order valence-electron chi connectivity index (χ0n) is 21.2. The highest BCUT2D eigenvalue weighted by Gasteiger charge is 2.59. The maximum atomic E-state index is 11.5. The van der Waals surface area contributed by atoms with Crippen molar-refractivity contribution in [2.75, 3.05) is 0 Å². The molecule has 3 heteroatoms. The molecule has 0 aromatic carbocycles. The Morgan fingerprint density at radius 1 is 1.12 bits per heavy atom. The minimum atomic E-state index is -0.131. The Morgan fingerprint density at radius 2 is 1.91 bits per heavy atom. The number of aldehydes is 1. The van der Waals surface area contributed by atoms with Crippen molar-refractivity contribution in [2.24, 2.45) is 46.3 Å². The summed E-state index contributed by atoms with van der Waals surface area (Å²) in [6.45, 7) is 11.3. The van der Waals surface area contributed by atoms with E-state index in [0.29, 0.717) is 10.8 Å². The van der Waals surface area contributed by atoms with E-state index in [4.69, 9.17) is 4.74 Å². The molecule has 0 spiro atoms. The molecule has 0 aromatic heterocycles. The van der Waals surface area contributed by atoms with Gasteiger partial charge in [-0.2, -0.15) is 0 Å². The van der Waals surface area contributed by atoms with Crippen molar-refractivity contribution in [3.63, 3.8) is 0 Å². The second kappa shape index (κ2) is 9.26. The second-order valence-electron chi connectivity index (χ2n) is 12.5. The Hall–Kier alpha value is -1.12. The molecule has 4 aliphatic carbocycles. The fraction of sp³-hybridized carbons (Fsp3) is 0.862. The van der Waals surface area contributed by atoms with Crippen LogP contribution in [-0.4, -0.2) is 18.4 Å². The van der Waals surface area contributed by atoms with Gasteiger partial charge < -0.3 is 9.53 Å². The maximum absolute atomic E-state index is 11.5. The van der Waals surface area contributed by atoms with Crippen molar-refractivity contribution in [3.05, 3.63) is 11.6 Å².